The highest BCUT2D eigenvalue weighted by molar-refractivity contribution is 7.16. The topological polar surface area (TPSA) is 77.8 Å². The molecule has 1 atom stereocenters. The Kier molecular flexibility index (Phi) is 5.14. The summed E-state index contributed by atoms with van der Waals surface area (Å²) in [6.07, 6.45) is 1.03. The number of nitrogens with zero attached hydrogens (tertiary/aromatic N) is 5. The Hall–Kier alpha value is -3.66. The van der Waals surface area contributed by atoms with Gasteiger partial charge in [0.05, 0.1) is 32.8 Å². The van der Waals surface area contributed by atoms with Crippen LogP contribution in [0.1, 0.15) is 6.92 Å². The number of aromatic nitrogens is 5. The largest absolute Gasteiger partial charge is 0.484 e. The molecule has 1 N–H and O–H groups in total. The molecule has 0 unspecified atom stereocenters. The molecule has 0 amide bonds. The van der Waals surface area contributed by atoms with Gasteiger partial charge >= 0.3 is 0 Å². The third-order valence-electron chi connectivity index (χ3n) is 5.00. The molecule has 2 aromatic carbocycles. The van der Waals surface area contributed by atoms with E-state index in [-0.39, 0.29) is 5.75 Å². The molecule has 10 heteroatoms. The molecule has 32 heavy (non-hydrogen) atoms. The number of nitrogens with one attached hydrogen (secondary N) is 1. The normalized spacial score (nSPS) is 12.5. The number of benzene rings is 2. The SMILES string of the molecule is C[C@H](Oc1cc(-c2cnn(C)c2)cc2ncnc(Nc3ccc4ncsc4c3)c12)C(F)F. The molecule has 0 saturated heterocycles. The van der Waals surface area contributed by atoms with Crippen LogP contribution in [0.4, 0.5) is 20.3 Å². The van der Waals surface area contributed by atoms with Crippen molar-refractivity contribution in [2.75, 3.05) is 5.32 Å². The molecule has 0 saturated carbocycles. The van der Waals surface area contributed by atoms with Gasteiger partial charge in [-0.3, -0.25) is 4.68 Å². The molecule has 7 nitrogen and oxygen atoms in total. The fraction of sp³-hybridized carbons (Fsp3) is 0.182. The average molecular weight is 452 g/mol. The Balaban J connectivity index is 1.64. The summed E-state index contributed by atoms with van der Waals surface area (Å²) in [5.74, 6) is 0.740. The van der Waals surface area contributed by atoms with Crippen molar-refractivity contribution >= 4 is 44.0 Å². The summed E-state index contributed by atoms with van der Waals surface area (Å²) < 4.78 is 35.0. The molecule has 0 aliphatic carbocycles. The first-order valence-corrected chi connectivity index (χ1v) is 10.7. The lowest BCUT2D eigenvalue weighted by molar-refractivity contribution is 0.0234. The van der Waals surface area contributed by atoms with E-state index in [4.69, 9.17) is 4.74 Å². The lowest BCUT2D eigenvalue weighted by Gasteiger charge is -2.18. The van der Waals surface area contributed by atoms with Gasteiger partial charge in [-0.2, -0.15) is 5.10 Å². The van der Waals surface area contributed by atoms with Crippen LogP contribution in [0, 0.1) is 0 Å². The van der Waals surface area contributed by atoms with Crippen LogP contribution in [0.2, 0.25) is 0 Å². The Morgan fingerprint density at radius 3 is 2.72 bits per heavy atom. The van der Waals surface area contributed by atoms with Crippen molar-refractivity contribution < 1.29 is 13.5 Å². The van der Waals surface area contributed by atoms with E-state index >= 15 is 0 Å². The maximum Gasteiger partial charge on any atom is 0.274 e. The summed E-state index contributed by atoms with van der Waals surface area (Å²) in [6.45, 7) is 1.34. The zero-order valence-electron chi connectivity index (χ0n) is 17.2. The summed E-state index contributed by atoms with van der Waals surface area (Å²) in [5, 5.41) is 8.00. The fourth-order valence-electron chi connectivity index (χ4n) is 3.40. The molecule has 0 fully saturated rings. The van der Waals surface area contributed by atoms with Crippen molar-refractivity contribution in [2.45, 2.75) is 19.5 Å². The van der Waals surface area contributed by atoms with Gasteiger partial charge in [0.15, 0.2) is 6.10 Å². The predicted molar refractivity (Wildman–Crippen MR) is 121 cm³/mol. The summed E-state index contributed by atoms with van der Waals surface area (Å²) in [7, 11) is 1.81. The molecule has 0 bridgehead atoms. The predicted octanol–water partition coefficient (Wildman–Crippen LogP) is 5.42. The van der Waals surface area contributed by atoms with Gasteiger partial charge in [0.25, 0.3) is 6.43 Å². The Bertz CT molecular complexity index is 1420. The van der Waals surface area contributed by atoms with E-state index in [2.05, 4.69) is 25.4 Å². The maximum absolute atomic E-state index is 13.3. The van der Waals surface area contributed by atoms with Gasteiger partial charge in [-0.05, 0) is 42.8 Å². The summed E-state index contributed by atoms with van der Waals surface area (Å²) in [4.78, 5) is 13.0. The third kappa shape index (κ3) is 3.84. The number of hydrogen-bond acceptors (Lipinski definition) is 7. The van der Waals surface area contributed by atoms with E-state index in [0.717, 1.165) is 27.0 Å². The standard InChI is InChI=1S/C22H18F2N6OS/c1-12(21(23)24)31-18-6-13(14-8-28-30(2)9-14)5-17-20(18)22(26-10-25-17)29-15-3-4-16-19(7-15)32-11-27-16/h3-12,21H,1-2H3,(H,25,26,29)/t12-/m0/s1. The van der Waals surface area contributed by atoms with Gasteiger partial charge in [0.2, 0.25) is 0 Å². The molecule has 0 radical (unpaired) electrons. The van der Waals surface area contributed by atoms with E-state index in [1.165, 1.54) is 24.6 Å². The monoisotopic (exact) mass is 452 g/mol. The van der Waals surface area contributed by atoms with Crippen LogP contribution in [-0.4, -0.2) is 37.3 Å². The molecule has 0 aliphatic rings. The Labute approximate surface area is 185 Å². The van der Waals surface area contributed by atoms with Crippen molar-refractivity contribution in [1.82, 2.24) is 24.7 Å². The van der Waals surface area contributed by atoms with Crippen molar-refractivity contribution in [3.05, 3.63) is 54.6 Å². The number of thiazole rings is 1. The lowest BCUT2D eigenvalue weighted by atomic mass is 10.1. The molecule has 5 aromatic rings. The number of halogens is 2. The van der Waals surface area contributed by atoms with Gasteiger partial charge in [-0.15, -0.1) is 11.3 Å². The highest BCUT2D eigenvalue weighted by Crippen LogP contribution is 2.37. The first-order valence-electron chi connectivity index (χ1n) is 9.81. The average Bonchev–Trinajstić information content (AvgIpc) is 3.42. The van der Waals surface area contributed by atoms with Crippen LogP contribution in [0.5, 0.6) is 5.75 Å². The number of ether oxygens (including phenoxy) is 1. The molecular formula is C22H18F2N6OS. The van der Waals surface area contributed by atoms with Crippen molar-refractivity contribution in [3.63, 3.8) is 0 Å². The molecule has 3 aromatic heterocycles. The minimum absolute atomic E-state index is 0.274. The molecule has 162 valence electrons. The Morgan fingerprint density at radius 1 is 1.06 bits per heavy atom. The van der Waals surface area contributed by atoms with Gasteiger partial charge in [0.1, 0.15) is 17.9 Å². The first kappa shape index (κ1) is 20.3. The fourth-order valence-corrected chi connectivity index (χ4v) is 4.12. The van der Waals surface area contributed by atoms with Crippen molar-refractivity contribution in [2.24, 2.45) is 7.05 Å². The van der Waals surface area contributed by atoms with E-state index in [1.807, 2.05) is 37.5 Å². The molecule has 0 spiro atoms. The van der Waals surface area contributed by atoms with E-state index < -0.39 is 12.5 Å². The number of aryl methyl sites for hydroxylation is 1. The van der Waals surface area contributed by atoms with Gasteiger partial charge in [0, 0.05) is 24.5 Å². The highest BCUT2D eigenvalue weighted by Gasteiger charge is 2.21. The van der Waals surface area contributed by atoms with Gasteiger partial charge in [-0.25, -0.2) is 23.7 Å². The van der Waals surface area contributed by atoms with Crippen LogP contribution in [0.3, 0.4) is 0 Å². The second-order valence-corrected chi connectivity index (χ2v) is 8.20. The second-order valence-electron chi connectivity index (χ2n) is 7.31. The van der Waals surface area contributed by atoms with E-state index in [9.17, 15) is 8.78 Å². The first-order chi connectivity index (χ1) is 15.5. The number of rotatable bonds is 6. The number of alkyl halides is 2. The second kappa shape index (κ2) is 8.12. The van der Waals surface area contributed by atoms with Crippen LogP contribution < -0.4 is 10.1 Å². The van der Waals surface area contributed by atoms with Gasteiger partial charge < -0.3 is 10.1 Å². The number of anilines is 2. The summed E-state index contributed by atoms with van der Waals surface area (Å²) >= 11 is 1.53. The van der Waals surface area contributed by atoms with Gasteiger partial charge in [-0.1, -0.05) is 0 Å². The maximum atomic E-state index is 13.3. The lowest BCUT2D eigenvalue weighted by Crippen LogP contribution is -2.21. The molecule has 3 heterocycles. The molecular weight excluding hydrogens is 434 g/mol. The van der Waals surface area contributed by atoms with Crippen molar-refractivity contribution in [3.8, 4) is 16.9 Å². The summed E-state index contributed by atoms with van der Waals surface area (Å²) in [5.41, 5.74) is 5.64. The zero-order valence-corrected chi connectivity index (χ0v) is 18.0. The van der Waals surface area contributed by atoms with Crippen LogP contribution in [0.25, 0.3) is 32.2 Å². The minimum Gasteiger partial charge on any atom is -0.484 e. The quantitative estimate of drug-likeness (QED) is 0.371. The third-order valence-corrected chi connectivity index (χ3v) is 5.79. The Morgan fingerprint density at radius 2 is 1.94 bits per heavy atom. The smallest absolute Gasteiger partial charge is 0.274 e. The van der Waals surface area contributed by atoms with E-state index in [0.29, 0.717) is 16.7 Å². The van der Waals surface area contributed by atoms with E-state index in [1.54, 1.807) is 22.5 Å². The van der Waals surface area contributed by atoms with Crippen LogP contribution in [-0.2, 0) is 7.05 Å². The van der Waals surface area contributed by atoms with Crippen LogP contribution in [0.15, 0.2) is 54.6 Å². The van der Waals surface area contributed by atoms with Crippen LogP contribution >= 0.6 is 11.3 Å². The minimum atomic E-state index is -2.64. The summed E-state index contributed by atoms with van der Waals surface area (Å²) in [6, 6.07) is 9.36. The molecule has 5 rings (SSSR count). The van der Waals surface area contributed by atoms with Crippen molar-refractivity contribution in [1.29, 1.82) is 0 Å². The molecule has 0 aliphatic heterocycles. The number of hydrogen-bond donors (Lipinski definition) is 1. The highest BCUT2D eigenvalue weighted by atomic mass is 32.1. The zero-order chi connectivity index (χ0) is 22.2. The number of fused-ring (bicyclic) bond motifs is 2.